The number of likely N-dealkylation sites (tertiary alicyclic amines) is 1. The number of tetrazole rings is 1. The number of hydrogen-bond acceptors (Lipinski definition) is 5. The maximum atomic E-state index is 12.3. The Morgan fingerprint density at radius 1 is 1.22 bits per heavy atom. The number of nitrogens with zero attached hydrogens (tertiary/aromatic N) is 5. The van der Waals surface area contributed by atoms with Gasteiger partial charge >= 0.3 is 6.03 Å². The minimum Gasteiger partial charge on any atom is -0.342 e. The standard InChI is InChI=1S/C18H25N7O2/c1-12(2)17(26)24-8-6-14(7-9-24)20-18(27)21-15-5-4-13(3)16(10-15)25-11-19-22-23-25/h4-5,10-12,14H,6-9H2,1-3H3,(H2,20,21,27). The molecule has 9 heteroatoms. The van der Waals surface area contributed by atoms with Gasteiger partial charge in [0.15, 0.2) is 0 Å². The van der Waals surface area contributed by atoms with Gasteiger partial charge in [-0.3, -0.25) is 4.79 Å². The first kappa shape index (κ1) is 18.8. The number of anilines is 1. The van der Waals surface area contributed by atoms with E-state index in [1.54, 1.807) is 4.68 Å². The fourth-order valence-corrected chi connectivity index (χ4v) is 3.17. The zero-order chi connectivity index (χ0) is 19.4. The molecule has 0 atom stereocenters. The summed E-state index contributed by atoms with van der Waals surface area (Å²) in [5.74, 6) is 0.182. The molecule has 3 amide bonds. The van der Waals surface area contributed by atoms with Crippen LogP contribution in [0.5, 0.6) is 0 Å². The first-order valence-electron chi connectivity index (χ1n) is 9.14. The normalized spacial score (nSPS) is 15.0. The van der Waals surface area contributed by atoms with Crippen LogP contribution in [0.3, 0.4) is 0 Å². The zero-order valence-corrected chi connectivity index (χ0v) is 15.8. The van der Waals surface area contributed by atoms with Crippen LogP contribution in [0.1, 0.15) is 32.3 Å². The second-order valence-corrected chi connectivity index (χ2v) is 7.11. The zero-order valence-electron chi connectivity index (χ0n) is 15.8. The molecule has 3 rings (SSSR count). The maximum absolute atomic E-state index is 12.3. The predicted octanol–water partition coefficient (Wildman–Crippen LogP) is 1.74. The van der Waals surface area contributed by atoms with Gasteiger partial charge < -0.3 is 15.5 Å². The van der Waals surface area contributed by atoms with Crippen LogP contribution in [0.15, 0.2) is 24.5 Å². The lowest BCUT2D eigenvalue weighted by molar-refractivity contribution is -0.135. The van der Waals surface area contributed by atoms with E-state index in [-0.39, 0.29) is 23.9 Å². The Morgan fingerprint density at radius 3 is 2.59 bits per heavy atom. The van der Waals surface area contributed by atoms with Gasteiger partial charge in [0.1, 0.15) is 6.33 Å². The van der Waals surface area contributed by atoms with E-state index in [9.17, 15) is 9.59 Å². The summed E-state index contributed by atoms with van der Waals surface area (Å²) in [6, 6.07) is 5.38. The van der Waals surface area contributed by atoms with Crippen LogP contribution in [0, 0.1) is 12.8 Å². The smallest absolute Gasteiger partial charge is 0.319 e. The van der Waals surface area contributed by atoms with Crippen molar-refractivity contribution in [2.75, 3.05) is 18.4 Å². The van der Waals surface area contributed by atoms with E-state index >= 15 is 0 Å². The molecule has 1 aliphatic rings. The van der Waals surface area contributed by atoms with Crippen molar-refractivity contribution in [1.29, 1.82) is 0 Å². The van der Waals surface area contributed by atoms with Gasteiger partial charge in [0.2, 0.25) is 5.91 Å². The highest BCUT2D eigenvalue weighted by Gasteiger charge is 2.25. The molecule has 2 heterocycles. The Hall–Kier alpha value is -2.97. The molecule has 0 spiro atoms. The molecule has 0 unspecified atom stereocenters. The first-order chi connectivity index (χ1) is 12.9. The van der Waals surface area contributed by atoms with Gasteiger partial charge in [-0.2, -0.15) is 0 Å². The van der Waals surface area contributed by atoms with Crippen molar-refractivity contribution in [3.63, 3.8) is 0 Å². The van der Waals surface area contributed by atoms with Gasteiger partial charge in [-0.25, -0.2) is 9.48 Å². The van der Waals surface area contributed by atoms with E-state index in [2.05, 4.69) is 26.2 Å². The monoisotopic (exact) mass is 371 g/mol. The summed E-state index contributed by atoms with van der Waals surface area (Å²) >= 11 is 0. The second kappa shape index (κ2) is 8.15. The SMILES string of the molecule is Cc1ccc(NC(=O)NC2CCN(C(=O)C(C)C)CC2)cc1-n1cnnn1. The van der Waals surface area contributed by atoms with Crippen LogP contribution < -0.4 is 10.6 Å². The van der Waals surface area contributed by atoms with Crippen molar-refractivity contribution in [2.24, 2.45) is 5.92 Å². The van der Waals surface area contributed by atoms with Crippen molar-refractivity contribution in [3.8, 4) is 5.69 Å². The molecule has 0 saturated carbocycles. The topological polar surface area (TPSA) is 105 Å². The van der Waals surface area contributed by atoms with E-state index in [4.69, 9.17) is 0 Å². The van der Waals surface area contributed by atoms with Gasteiger partial charge in [0.25, 0.3) is 0 Å². The van der Waals surface area contributed by atoms with Crippen LogP contribution in [-0.2, 0) is 4.79 Å². The van der Waals surface area contributed by atoms with E-state index in [0.717, 1.165) is 24.1 Å². The summed E-state index contributed by atoms with van der Waals surface area (Å²) in [7, 11) is 0. The number of aryl methyl sites for hydroxylation is 1. The predicted molar refractivity (Wildman–Crippen MR) is 100 cm³/mol. The fraction of sp³-hybridized carbons (Fsp3) is 0.500. The Bertz CT molecular complexity index is 796. The van der Waals surface area contributed by atoms with E-state index in [0.29, 0.717) is 18.8 Å². The Kier molecular flexibility index (Phi) is 5.68. The Morgan fingerprint density at radius 2 is 1.96 bits per heavy atom. The highest BCUT2D eigenvalue weighted by atomic mass is 16.2. The number of benzene rings is 1. The van der Waals surface area contributed by atoms with Crippen molar-refractivity contribution in [2.45, 2.75) is 39.7 Å². The van der Waals surface area contributed by atoms with Crippen molar-refractivity contribution in [1.82, 2.24) is 30.4 Å². The largest absolute Gasteiger partial charge is 0.342 e. The molecule has 1 aromatic heterocycles. The molecule has 1 fully saturated rings. The van der Waals surface area contributed by atoms with Gasteiger partial charge in [0, 0.05) is 30.7 Å². The van der Waals surface area contributed by atoms with Gasteiger partial charge in [-0.05, 0) is 47.9 Å². The van der Waals surface area contributed by atoms with E-state index in [1.165, 1.54) is 6.33 Å². The van der Waals surface area contributed by atoms with Gasteiger partial charge in [-0.1, -0.05) is 19.9 Å². The van der Waals surface area contributed by atoms with Crippen LogP contribution in [0.25, 0.3) is 5.69 Å². The summed E-state index contributed by atoms with van der Waals surface area (Å²) < 4.78 is 1.56. The van der Waals surface area contributed by atoms with Crippen LogP contribution >= 0.6 is 0 Å². The average molecular weight is 371 g/mol. The van der Waals surface area contributed by atoms with Gasteiger partial charge in [0.05, 0.1) is 5.69 Å². The van der Waals surface area contributed by atoms with Crippen LogP contribution in [-0.4, -0.2) is 56.2 Å². The van der Waals surface area contributed by atoms with E-state index < -0.39 is 0 Å². The number of nitrogens with one attached hydrogen (secondary N) is 2. The number of piperidine rings is 1. The third kappa shape index (κ3) is 4.60. The molecular formula is C18H25N7O2. The number of carbonyl (C=O) groups is 2. The number of rotatable bonds is 4. The van der Waals surface area contributed by atoms with E-state index in [1.807, 2.05) is 43.9 Å². The summed E-state index contributed by atoms with van der Waals surface area (Å²) in [5, 5.41) is 17.0. The molecule has 144 valence electrons. The second-order valence-electron chi connectivity index (χ2n) is 7.11. The third-order valence-electron chi connectivity index (χ3n) is 4.70. The number of aromatic nitrogens is 4. The highest BCUT2D eigenvalue weighted by molar-refractivity contribution is 5.90. The number of carbonyl (C=O) groups excluding carboxylic acids is 2. The summed E-state index contributed by atoms with van der Waals surface area (Å²) in [5.41, 5.74) is 2.46. The van der Waals surface area contributed by atoms with Crippen LogP contribution in [0.2, 0.25) is 0 Å². The van der Waals surface area contributed by atoms with Crippen molar-refractivity contribution in [3.05, 3.63) is 30.1 Å². The first-order valence-corrected chi connectivity index (χ1v) is 9.14. The summed E-state index contributed by atoms with van der Waals surface area (Å²) in [6.45, 7) is 7.12. The highest BCUT2D eigenvalue weighted by Crippen LogP contribution is 2.19. The molecule has 1 saturated heterocycles. The lowest BCUT2D eigenvalue weighted by Gasteiger charge is -2.33. The summed E-state index contributed by atoms with van der Waals surface area (Å²) in [4.78, 5) is 26.2. The molecule has 27 heavy (non-hydrogen) atoms. The number of hydrogen-bond donors (Lipinski definition) is 2. The number of amides is 3. The fourth-order valence-electron chi connectivity index (χ4n) is 3.17. The van der Waals surface area contributed by atoms with Crippen molar-refractivity contribution < 1.29 is 9.59 Å². The molecular weight excluding hydrogens is 346 g/mol. The minimum absolute atomic E-state index is 0.00808. The molecule has 0 radical (unpaired) electrons. The maximum Gasteiger partial charge on any atom is 0.319 e. The molecule has 0 bridgehead atoms. The third-order valence-corrected chi connectivity index (χ3v) is 4.70. The molecule has 1 aromatic carbocycles. The Balaban J connectivity index is 1.55. The molecule has 9 nitrogen and oxygen atoms in total. The average Bonchev–Trinajstić information content (AvgIpc) is 3.17. The molecule has 1 aliphatic heterocycles. The molecule has 2 N–H and O–H groups in total. The van der Waals surface area contributed by atoms with Crippen LogP contribution in [0.4, 0.5) is 10.5 Å². The quantitative estimate of drug-likeness (QED) is 0.852. The molecule has 0 aliphatic carbocycles. The lowest BCUT2D eigenvalue weighted by atomic mass is 10.0. The minimum atomic E-state index is -0.254. The van der Waals surface area contributed by atoms with Crippen molar-refractivity contribution >= 4 is 17.6 Å². The summed E-state index contributed by atoms with van der Waals surface area (Å²) in [6.07, 6.45) is 3.03. The van der Waals surface area contributed by atoms with Gasteiger partial charge in [-0.15, -0.1) is 5.10 Å². The lowest BCUT2D eigenvalue weighted by Crippen LogP contribution is -2.48. The molecule has 2 aromatic rings. The Labute approximate surface area is 158 Å². The number of urea groups is 1.